The molecule has 0 aliphatic heterocycles. The van der Waals surface area contributed by atoms with Gasteiger partial charge in [0.1, 0.15) is 25.4 Å². The summed E-state index contributed by atoms with van der Waals surface area (Å²) in [5.74, 6) is -1.56. The van der Waals surface area contributed by atoms with E-state index in [0.717, 1.165) is 154 Å². The number of carbonyl (C=O) groups excluding carboxylic acids is 3. The molecule has 0 saturated carbocycles. The summed E-state index contributed by atoms with van der Waals surface area (Å²) in [4.78, 5) is 59.2. The van der Waals surface area contributed by atoms with Gasteiger partial charge in [-0.15, -0.1) is 0 Å². The van der Waals surface area contributed by atoms with E-state index in [1.165, 1.54) is 244 Å². The van der Waals surface area contributed by atoms with Crippen molar-refractivity contribution in [3.63, 3.8) is 0 Å². The number of carbonyl (C=O) groups is 3. The zero-order valence-corrected chi connectivity index (χ0v) is 82.9. The zero-order chi connectivity index (χ0) is 92.1. The topological polar surface area (TPSA) is 231 Å². The summed E-state index contributed by atoms with van der Waals surface area (Å²) in [6.07, 6.45) is 130. The molecule has 732 valence electrons. The molecule has 127 heavy (non-hydrogen) atoms. The molecule has 0 aromatic rings. The van der Waals surface area contributed by atoms with Gasteiger partial charge in [-0.25, -0.2) is 9.13 Å². The lowest BCUT2D eigenvalue weighted by Crippen LogP contribution is -2.30. The highest BCUT2D eigenvalue weighted by molar-refractivity contribution is 7.47. The Morgan fingerprint density at radius 2 is 0.417 bits per heavy atom. The van der Waals surface area contributed by atoms with Crippen molar-refractivity contribution in [2.75, 3.05) is 39.6 Å². The monoisotopic (exact) mass is 1820 g/mol. The normalized spacial score (nSPS) is 14.3. The van der Waals surface area contributed by atoms with Gasteiger partial charge in [0.2, 0.25) is 0 Å². The van der Waals surface area contributed by atoms with Gasteiger partial charge in [-0.3, -0.25) is 32.5 Å². The van der Waals surface area contributed by atoms with Crippen LogP contribution < -0.4 is 0 Å². The number of hydrogen-bond acceptors (Lipinski definition) is 14. The zero-order valence-electron chi connectivity index (χ0n) is 81.2. The molecule has 0 aliphatic carbocycles. The van der Waals surface area contributed by atoms with Crippen molar-refractivity contribution < 1.29 is 75.8 Å². The molecule has 0 aromatic heterocycles. The standard InChI is InChI=1S/C109H190O16P2/c1-4-7-10-13-16-19-22-25-28-31-34-37-40-43-46-48-49-50-51-52-53-55-58-59-62-65-68-71-74-77-80-83-86-89-92-95-107(112)119-98-104(110)99-121-126(115,116)122-100-105(111)101-123-127(117,118)124-103-106(125-109(114)97-94-91-88-85-82-79-76-73-70-67-64-61-56-45-42-39-36-33-30-27-24-21-18-15-12-9-6-3)102-120-108(113)96-93-90-87-84-81-78-75-72-69-66-63-60-57-54-47-44-41-38-35-32-29-26-23-20-17-14-11-8-5-2/h8,11,16-21,25-30,34-39,43-47,56,104-106,110-111H,4-7,9-10,12-15,22-24,31-33,40-42,48-55,57-103H2,1-3H3,(H,115,116)(H,117,118)/b11-8-,19-16-,20-17-,21-18-,28-25-,29-26-,30-27-,37-34-,38-35-,39-36-,46-43-,47-44-,56-45-. The fourth-order valence-electron chi connectivity index (χ4n) is 14.4. The molecule has 0 aromatic carbocycles. The number of esters is 3. The summed E-state index contributed by atoms with van der Waals surface area (Å²) in [5.41, 5.74) is 0. The smallest absolute Gasteiger partial charge is 0.463 e. The number of hydrogen-bond donors (Lipinski definition) is 4. The summed E-state index contributed by atoms with van der Waals surface area (Å²) in [5, 5.41) is 20.8. The van der Waals surface area contributed by atoms with E-state index in [1.54, 1.807) is 0 Å². The Bertz CT molecular complexity index is 2940. The van der Waals surface area contributed by atoms with E-state index in [1.807, 2.05) is 0 Å². The van der Waals surface area contributed by atoms with Gasteiger partial charge >= 0.3 is 33.6 Å². The number of aliphatic hydroxyl groups is 2. The Morgan fingerprint density at radius 3 is 0.661 bits per heavy atom. The second-order valence-corrected chi connectivity index (χ2v) is 37.5. The quantitative estimate of drug-likeness (QED) is 0.0146. The Morgan fingerprint density at radius 1 is 0.228 bits per heavy atom. The molecular formula is C109H190O16P2. The van der Waals surface area contributed by atoms with Crippen LogP contribution in [0.3, 0.4) is 0 Å². The minimum atomic E-state index is -4.95. The highest BCUT2D eigenvalue weighted by Gasteiger charge is 2.30. The number of unbranched alkanes of at least 4 members (excludes halogenated alkanes) is 49. The minimum absolute atomic E-state index is 0.0984. The van der Waals surface area contributed by atoms with Crippen LogP contribution in [0.1, 0.15) is 457 Å². The second kappa shape index (κ2) is 100. The molecule has 0 spiro atoms. The number of allylic oxidation sites excluding steroid dienone is 26. The fraction of sp³-hybridized carbons (Fsp3) is 0.734. The third-order valence-electron chi connectivity index (χ3n) is 22.2. The molecule has 0 bridgehead atoms. The predicted octanol–water partition coefficient (Wildman–Crippen LogP) is 32.8. The highest BCUT2D eigenvalue weighted by atomic mass is 31.2. The molecule has 0 heterocycles. The first kappa shape index (κ1) is 122. The Labute approximate surface area is 778 Å². The van der Waals surface area contributed by atoms with Crippen molar-refractivity contribution >= 4 is 33.6 Å². The first-order chi connectivity index (χ1) is 62.2. The molecule has 0 rings (SSSR count). The highest BCUT2D eigenvalue weighted by Crippen LogP contribution is 2.45. The number of phosphoric acid groups is 2. The summed E-state index contributed by atoms with van der Waals surface area (Å²) < 4.78 is 61.7. The van der Waals surface area contributed by atoms with E-state index in [9.17, 15) is 43.5 Å². The number of rotatable bonds is 98. The average molecular weight is 1820 g/mol. The van der Waals surface area contributed by atoms with Gasteiger partial charge in [-0.05, 0) is 154 Å². The molecule has 18 heteroatoms. The van der Waals surface area contributed by atoms with Crippen molar-refractivity contribution in [3.8, 4) is 0 Å². The van der Waals surface area contributed by atoms with Gasteiger partial charge < -0.3 is 34.2 Å². The van der Waals surface area contributed by atoms with Crippen LogP contribution in [-0.2, 0) is 55.8 Å². The van der Waals surface area contributed by atoms with Crippen LogP contribution in [0.25, 0.3) is 0 Å². The minimum Gasteiger partial charge on any atom is -0.463 e. The van der Waals surface area contributed by atoms with Crippen molar-refractivity contribution in [2.24, 2.45) is 0 Å². The first-order valence-corrected chi connectivity index (χ1v) is 54.8. The van der Waals surface area contributed by atoms with Crippen molar-refractivity contribution in [1.29, 1.82) is 0 Å². The van der Waals surface area contributed by atoms with Crippen molar-refractivity contribution in [1.82, 2.24) is 0 Å². The average Bonchev–Trinajstić information content (AvgIpc) is 0.901. The second-order valence-electron chi connectivity index (χ2n) is 34.6. The third-order valence-corrected chi connectivity index (χ3v) is 24.1. The number of aliphatic hydroxyl groups excluding tert-OH is 2. The summed E-state index contributed by atoms with van der Waals surface area (Å²) in [7, 11) is -9.82. The van der Waals surface area contributed by atoms with Crippen LogP contribution in [0.4, 0.5) is 0 Å². The van der Waals surface area contributed by atoms with E-state index in [2.05, 4.69) is 179 Å². The van der Waals surface area contributed by atoms with E-state index >= 15 is 0 Å². The molecule has 5 unspecified atom stereocenters. The maximum Gasteiger partial charge on any atom is 0.472 e. The Kier molecular flexibility index (Phi) is 96.4. The van der Waals surface area contributed by atoms with Gasteiger partial charge in [0, 0.05) is 19.3 Å². The summed E-state index contributed by atoms with van der Waals surface area (Å²) >= 11 is 0. The van der Waals surface area contributed by atoms with Crippen LogP contribution in [-0.4, -0.2) is 95.9 Å². The predicted molar refractivity (Wildman–Crippen MR) is 537 cm³/mol. The largest absolute Gasteiger partial charge is 0.472 e. The van der Waals surface area contributed by atoms with Crippen LogP contribution in [0.2, 0.25) is 0 Å². The Hall–Kier alpha value is -4.83. The van der Waals surface area contributed by atoms with E-state index in [-0.39, 0.29) is 19.3 Å². The first-order valence-electron chi connectivity index (χ1n) is 51.8. The molecule has 0 radical (unpaired) electrons. The third kappa shape index (κ3) is 102. The van der Waals surface area contributed by atoms with Gasteiger partial charge in [0.25, 0.3) is 0 Å². The van der Waals surface area contributed by atoms with Crippen LogP contribution in [0.15, 0.2) is 158 Å². The molecule has 5 atom stereocenters. The van der Waals surface area contributed by atoms with Crippen LogP contribution in [0.5, 0.6) is 0 Å². The maximum atomic E-state index is 13.1. The molecule has 0 fully saturated rings. The van der Waals surface area contributed by atoms with Crippen LogP contribution >= 0.6 is 15.6 Å². The Balaban J connectivity index is 4.57. The molecule has 0 aliphatic rings. The maximum absolute atomic E-state index is 13.1. The van der Waals surface area contributed by atoms with E-state index in [0.29, 0.717) is 19.3 Å². The van der Waals surface area contributed by atoms with Gasteiger partial charge in [0.05, 0.1) is 26.4 Å². The van der Waals surface area contributed by atoms with Crippen LogP contribution in [0, 0.1) is 0 Å². The lowest BCUT2D eigenvalue weighted by atomic mass is 10.0. The van der Waals surface area contributed by atoms with E-state index in [4.69, 9.17) is 32.3 Å². The molecule has 0 saturated heterocycles. The van der Waals surface area contributed by atoms with Gasteiger partial charge in [-0.1, -0.05) is 442 Å². The number of ether oxygens (including phenoxy) is 3. The van der Waals surface area contributed by atoms with Crippen molar-refractivity contribution in [3.05, 3.63) is 158 Å². The fourth-order valence-corrected chi connectivity index (χ4v) is 16.0. The molecule has 16 nitrogen and oxygen atoms in total. The summed E-state index contributed by atoms with van der Waals surface area (Å²) in [6.45, 7) is 2.59. The summed E-state index contributed by atoms with van der Waals surface area (Å²) in [6, 6.07) is 0. The van der Waals surface area contributed by atoms with E-state index < -0.39 is 91.5 Å². The van der Waals surface area contributed by atoms with Crippen molar-refractivity contribution in [2.45, 2.75) is 476 Å². The molecule has 4 N–H and O–H groups in total. The number of phosphoric ester groups is 2. The molecular weight excluding hydrogens is 1630 g/mol. The van der Waals surface area contributed by atoms with Gasteiger partial charge in [0.15, 0.2) is 6.10 Å². The SMILES string of the molecule is CC/C=C\C/C=C\C/C=C\C/C=C\C/C=C\CCCCCCCCCCCCCCCC(=O)OCC(COP(=O)(O)OCC(O)COP(=O)(O)OCC(O)COC(=O)CCCCCCCCCCCCCCCCCCCCC/C=C\C/C=C\C/C=C\C/C=C\CCCCC)OC(=O)CCCCCCCCCCCCC/C=C\C/C=C\C/C=C\C/C=C\CCCCC. The lowest BCUT2D eigenvalue weighted by Gasteiger charge is -2.21. The lowest BCUT2D eigenvalue weighted by molar-refractivity contribution is -0.161. The van der Waals surface area contributed by atoms with Gasteiger partial charge in [-0.2, -0.15) is 0 Å². The molecule has 0 amide bonds.